The maximum Gasteiger partial charge on any atom is 0.257 e. The quantitative estimate of drug-likeness (QED) is 0.474. The minimum Gasteiger partial charge on any atom is -0.454 e. The number of rotatable bonds is 9. The second kappa shape index (κ2) is 9.90. The minimum atomic E-state index is -3.58. The topological polar surface area (TPSA) is 97.8 Å². The molecule has 0 radical (unpaired) electrons. The summed E-state index contributed by atoms with van der Waals surface area (Å²) < 4.78 is 37.9. The van der Waals surface area contributed by atoms with Crippen LogP contribution in [0.5, 0.6) is 11.5 Å². The van der Waals surface area contributed by atoms with Gasteiger partial charge in [0.25, 0.3) is 5.91 Å². The molecule has 0 bridgehead atoms. The van der Waals surface area contributed by atoms with Gasteiger partial charge in [0, 0.05) is 29.6 Å². The Morgan fingerprint density at radius 1 is 1.12 bits per heavy atom. The number of thiazole rings is 1. The van der Waals surface area contributed by atoms with E-state index < -0.39 is 10.0 Å². The zero-order chi connectivity index (χ0) is 23.4. The lowest BCUT2D eigenvalue weighted by Gasteiger charge is -2.20. The Balaban J connectivity index is 1.44. The van der Waals surface area contributed by atoms with Gasteiger partial charge in [0.15, 0.2) is 16.6 Å². The number of benzene rings is 2. The van der Waals surface area contributed by atoms with Crippen molar-refractivity contribution in [2.75, 3.05) is 25.2 Å². The molecule has 0 aliphatic carbocycles. The molecule has 10 heteroatoms. The fraction of sp³-hybridized carbons (Fsp3) is 0.304. The summed E-state index contributed by atoms with van der Waals surface area (Å²) in [6, 6.07) is 11.5. The van der Waals surface area contributed by atoms with Gasteiger partial charge < -0.3 is 9.47 Å². The molecule has 2 heterocycles. The Hall–Kier alpha value is -2.95. The van der Waals surface area contributed by atoms with Gasteiger partial charge in [0.2, 0.25) is 16.8 Å². The number of hydrogen-bond acceptors (Lipinski definition) is 7. The number of hydrogen-bond donors (Lipinski definition) is 1. The number of nitrogens with zero attached hydrogens (tertiary/aromatic N) is 2. The number of unbranched alkanes of at least 4 members (excludes halogenated alkanes) is 1. The first-order valence-corrected chi connectivity index (χ1v) is 13.0. The van der Waals surface area contributed by atoms with Gasteiger partial charge in [-0.15, -0.1) is 11.3 Å². The van der Waals surface area contributed by atoms with E-state index in [2.05, 4.69) is 10.3 Å². The monoisotopic (exact) mass is 487 g/mol. The molecule has 0 saturated heterocycles. The summed E-state index contributed by atoms with van der Waals surface area (Å²) in [5.74, 6) is 1.00. The average Bonchev–Trinajstić information content (AvgIpc) is 3.48. The molecule has 1 N–H and O–H groups in total. The summed E-state index contributed by atoms with van der Waals surface area (Å²) in [4.78, 5) is 17.3. The largest absolute Gasteiger partial charge is 0.454 e. The van der Waals surface area contributed by atoms with E-state index in [4.69, 9.17) is 9.47 Å². The van der Waals surface area contributed by atoms with Gasteiger partial charge in [-0.05, 0) is 48.9 Å². The van der Waals surface area contributed by atoms with E-state index in [9.17, 15) is 13.2 Å². The van der Waals surface area contributed by atoms with Crippen LogP contribution < -0.4 is 14.8 Å². The second-order valence-corrected chi connectivity index (χ2v) is 10.2. The average molecular weight is 488 g/mol. The molecule has 1 aliphatic heterocycles. The predicted molar refractivity (Wildman–Crippen MR) is 127 cm³/mol. The lowest BCUT2D eigenvalue weighted by molar-refractivity contribution is 0.102. The molecule has 8 nitrogen and oxygen atoms in total. The van der Waals surface area contributed by atoms with Crippen LogP contribution in [-0.4, -0.2) is 43.5 Å². The molecule has 1 aliphatic rings. The summed E-state index contributed by atoms with van der Waals surface area (Å²) in [7, 11) is -3.58. The third-order valence-corrected chi connectivity index (χ3v) is 8.01. The molecule has 0 fully saturated rings. The smallest absolute Gasteiger partial charge is 0.257 e. The van der Waals surface area contributed by atoms with Crippen LogP contribution in [0, 0.1) is 0 Å². The van der Waals surface area contributed by atoms with Gasteiger partial charge in [0.05, 0.1) is 10.6 Å². The molecule has 1 amide bonds. The number of fused-ring (bicyclic) bond motifs is 1. The van der Waals surface area contributed by atoms with Crippen LogP contribution in [0.2, 0.25) is 0 Å². The van der Waals surface area contributed by atoms with Crippen molar-refractivity contribution in [1.82, 2.24) is 9.29 Å². The first-order chi connectivity index (χ1) is 15.9. The Morgan fingerprint density at radius 3 is 2.61 bits per heavy atom. The number of carbonyl (C=O) groups excluding carboxylic acids is 1. The molecule has 3 aromatic rings. The zero-order valence-corrected chi connectivity index (χ0v) is 20.0. The number of ether oxygens (including phenoxy) is 2. The third kappa shape index (κ3) is 5.02. The number of aromatic nitrogens is 1. The van der Waals surface area contributed by atoms with E-state index >= 15 is 0 Å². The van der Waals surface area contributed by atoms with E-state index in [1.54, 1.807) is 0 Å². The van der Waals surface area contributed by atoms with Gasteiger partial charge in [-0.2, -0.15) is 4.31 Å². The molecule has 33 heavy (non-hydrogen) atoms. The van der Waals surface area contributed by atoms with Crippen LogP contribution in [0.4, 0.5) is 5.13 Å². The first kappa shape index (κ1) is 23.2. The van der Waals surface area contributed by atoms with Crippen LogP contribution in [-0.2, 0) is 10.0 Å². The van der Waals surface area contributed by atoms with Crippen LogP contribution in [0.1, 0.15) is 37.0 Å². The van der Waals surface area contributed by atoms with E-state index in [0.29, 0.717) is 41.0 Å². The van der Waals surface area contributed by atoms with E-state index in [1.807, 2.05) is 37.4 Å². The van der Waals surface area contributed by atoms with Gasteiger partial charge in [-0.1, -0.05) is 20.3 Å². The molecule has 1 aromatic heterocycles. The number of sulfonamides is 1. The molecule has 0 spiro atoms. The third-order valence-electron chi connectivity index (χ3n) is 5.26. The molecule has 0 saturated carbocycles. The predicted octanol–water partition coefficient (Wildman–Crippen LogP) is 4.60. The van der Waals surface area contributed by atoms with Gasteiger partial charge in [0.1, 0.15) is 0 Å². The molecule has 174 valence electrons. The molecule has 4 rings (SSSR count). The van der Waals surface area contributed by atoms with Crippen molar-refractivity contribution in [1.29, 1.82) is 0 Å². The highest BCUT2D eigenvalue weighted by molar-refractivity contribution is 7.89. The Kier molecular flexibility index (Phi) is 6.96. The highest BCUT2D eigenvalue weighted by Crippen LogP contribution is 2.36. The van der Waals surface area contributed by atoms with Crippen molar-refractivity contribution in [2.45, 2.75) is 31.6 Å². The van der Waals surface area contributed by atoms with Crippen molar-refractivity contribution < 1.29 is 22.7 Å². The highest BCUT2D eigenvalue weighted by atomic mass is 32.2. The minimum absolute atomic E-state index is 0.177. The summed E-state index contributed by atoms with van der Waals surface area (Å²) in [5.41, 5.74) is 1.92. The Bertz CT molecular complexity index is 1240. The maximum absolute atomic E-state index is 12.8. The summed E-state index contributed by atoms with van der Waals surface area (Å²) in [6.07, 6.45) is 1.72. The van der Waals surface area contributed by atoms with E-state index in [1.165, 1.54) is 39.9 Å². The lowest BCUT2D eigenvalue weighted by atomic mass is 10.1. The van der Waals surface area contributed by atoms with Crippen molar-refractivity contribution in [3.05, 3.63) is 53.4 Å². The van der Waals surface area contributed by atoms with E-state index in [0.717, 1.165) is 18.4 Å². The Labute approximate surface area is 197 Å². The Morgan fingerprint density at radius 2 is 1.88 bits per heavy atom. The summed E-state index contributed by atoms with van der Waals surface area (Å²) in [6.45, 7) is 4.93. The highest BCUT2D eigenvalue weighted by Gasteiger charge is 2.23. The van der Waals surface area contributed by atoms with Crippen LogP contribution in [0.15, 0.2) is 52.7 Å². The van der Waals surface area contributed by atoms with Crippen LogP contribution >= 0.6 is 11.3 Å². The number of carbonyl (C=O) groups is 1. The zero-order valence-electron chi connectivity index (χ0n) is 18.4. The normalized spacial score (nSPS) is 12.8. The number of amides is 1. The van der Waals surface area contributed by atoms with Crippen molar-refractivity contribution in [3.63, 3.8) is 0 Å². The lowest BCUT2D eigenvalue weighted by Crippen LogP contribution is -2.31. The molecule has 2 aromatic carbocycles. The molecule has 0 unspecified atom stereocenters. The van der Waals surface area contributed by atoms with Gasteiger partial charge >= 0.3 is 0 Å². The van der Waals surface area contributed by atoms with Crippen molar-refractivity contribution >= 4 is 32.4 Å². The van der Waals surface area contributed by atoms with Crippen molar-refractivity contribution in [3.8, 4) is 22.8 Å². The maximum atomic E-state index is 12.8. The fourth-order valence-electron chi connectivity index (χ4n) is 3.40. The standard InChI is InChI=1S/C23H25N3O5S2/c1-3-5-12-26(4-2)33(28,29)18-9-6-16(7-10-18)22(27)25-23-24-19(14-32-23)17-8-11-20-21(13-17)31-15-30-20/h6-11,13-14H,3-5,12,15H2,1-2H3,(H,24,25,27). The first-order valence-electron chi connectivity index (χ1n) is 10.7. The number of nitrogens with one attached hydrogen (secondary N) is 1. The number of anilines is 1. The molecule has 0 atom stereocenters. The van der Waals surface area contributed by atoms with Gasteiger partial charge in [-0.25, -0.2) is 13.4 Å². The fourth-order valence-corrected chi connectivity index (χ4v) is 5.60. The molecular formula is C23H25N3O5S2. The SMILES string of the molecule is CCCCN(CC)S(=O)(=O)c1ccc(C(=O)Nc2nc(-c3ccc4c(c3)OCO4)cs2)cc1. The van der Waals surface area contributed by atoms with Crippen molar-refractivity contribution in [2.24, 2.45) is 0 Å². The van der Waals surface area contributed by atoms with E-state index in [-0.39, 0.29) is 17.6 Å². The van der Waals surface area contributed by atoms with Crippen LogP contribution in [0.3, 0.4) is 0 Å². The summed E-state index contributed by atoms with van der Waals surface area (Å²) in [5, 5.41) is 5.06. The second-order valence-electron chi connectivity index (χ2n) is 7.43. The molecular weight excluding hydrogens is 462 g/mol. The van der Waals surface area contributed by atoms with Gasteiger partial charge in [-0.3, -0.25) is 10.1 Å². The summed E-state index contributed by atoms with van der Waals surface area (Å²) >= 11 is 1.30. The van der Waals surface area contributed by atoms with Crippen LogP contribution in [0.25, 0.3) is 11.3 Å².